The van der Waals surface area contributed by atoms with E-state index in [1.807, 2.05) is 0 Å². The molecule has 0 heterocycles. The molecule has 0 bridgehead atoms. The fraction of sp³-hybridized carbons (Fsp3) is 0.278. The molecule has 0 radical (unpaired) electrons. The van der Waals surface area contributed by atoms with Gasteiger partial charge in [0, 0.05) is 25.6 Å². The number of carbonyl (C=O) groups excluding carboxylic acids is 1. The number of hydrogen-bond acceptors (Lipinski definition) is 5. The van der Waals surface area contributed by atoms with E-state index in [-0.39, 0.29) is 30.3 Å². The Morgan fingerprint density at radius 3 is 2.48 bits per heavy atom. The molecular formula is C18H19F2N3O4. The van der Waals surface area contributed by atoms with Crippen molar-refractivity contribution in [3.05, 3.63) is 64.2 Å². The van der Waals surface area contributed by atoms with Crippen LogP contribution in [0.4, 0.5) is 20.2 Å². The number of ether oxygens (including phenoxy) is 1. The van der Waals surface area contributed by atoms with Crippen LogP contribution in [-0.2, 0) is 11.2 Å². The van der Waals surface area contributed by atoms with Crippen molar-refractivity contribution in [2.24, 2.45) is 0 Å². The molecular weight excluding hydrogens is 360 g/mol. The van der Waals surface area contributed by atoms with Crippen LogP contribution < -0.4 is 15.4 Å². The Bertz CT molecular complexity index is 769. The zero-order valence-corrected chi connectivity index (χ0v) is 14.4. The lowest BCUT2D eigenvalue weighted by Crippen LogP contribution is -2.27. The van der Waals surface area contributed by atoms with E-state index in [4.69, 9.17) is 0 Å². The standard InChI is InChI=1S/C18H19F2N3O4/c19-18(20)27-14-7-5-13(6-8-14)9-11-22-17(24)10-12-21-15-3-1-2-4-16(15)23(25)26/h1-8,18,21H,9-12H2,(H,22,24). The average Bonchev–Trinajstić information content (AvgIpc) is 2.63. The summed E-state index contributed by atoms with van der Waals surface area (Å²) in [7, 11) is 0. The zero-order chi connectivity index (χ0) is 19.6. The van der Waals surface area contributed by atoms with E-state index in [0.29, 0.717) is 18.7 Å². The summed E-state index contributed by atoms with van der Waals surface area (Å²) in [6.07, 6.45) is 0.700. The van der Waals surface area contributed by atoms with Crippen LogP contribution in [0.1, 0.15) is 12.0 Å². The Balaban J connectivity index is 1.69. The van der Waals surface area contributed by atoms with Crippen molar-refractivity contribution in [2.45, 2.75) is 19.5 Å². The van der Waals surface area contributed by atoms with Gasteiger partial charge in [-0.15, -0.1) is 0 Å². The highest BCUT2D eigenvalue weighted by Crippen LogP contribution is 2.22. The molecule has 9 heteroatoms. The normalized spacial score (nSPS) is 10.5. The number of anilines is 1. The quantitative estimate of drug-likeness (QED) is 0.488. The van der Waals surface area contributed by atoms with Gasteiger partial charge in [-0.25, -0.2) is 0 Å². The molecule has 144 valence electrons. The second-order valence-corrected chi connectivity index (χ2v) is 5.57. The van der Waals surface area contributed by atoms with Crippen LogP contribution in [0.3, 0.4) is 0 Å². The molecule has 7 nitrogen and oxygen atoms in total. The predicted molar refractivity (Wildman–Crippen MR) is 96.0 cm³/mol. The molecule has 1 amide bonds. The van der Waals surface area contributed by atoms with Crippen molar-refractivity contribution in [2.75, 3.05) is 18.4 Å². The molecule has 2 N–H and O–H groups in total. The van der Waals surface area contributed by atoms with Crippen molar-refractivity contribution in [1.29, 1.82) is 0 Å². The molecule has 0 unspecified atom stereocenters. The van der Waals surface area contributed by atoms with Gasteiger partial charge in [-0.3, -0.25) is 14.9 Å². The van der Waals surface area contributed by atoms with Gasteiger partial charge in [-0.2, -0.15) is 8.78 Å². The number of nitro benzene ring substituents is 1. The SMILES string of the molecule is O=C(CCNc1ccccc1[N+](=O)[O-])NCCc1ccc(OC(F)F)cc1. The molecule has 0 saturated carbocycles. The van der Waals surface area contributed by atoms with Crippen LogP contribution >= 0.6 is 0 Å². The molecule has 0 aliphatic carbocycles. The molecule has 2 aromatic rings. The van der Waals surface area contributed by atoms with Gasteiger partial charge < -0.3 is 15.4 Å². The van der Waals surface area contributed by atoms with Crippen molar-refractivity contribution < 1.29 is 23.2 Å². The lowest BCUT2D eigenvalue weighted by Gasteiger charge is -2.08. The highest BCUT2D eigenvalue weighted by Gasteiger charge is 2.12. The van der Waals surface area contributed by atoms with Gasteiger partial charge in [-0.05, 0) is 30.2 Å². The number of carbonyl (C=O) groups is 1. The molecule has 0 aromatic heterocycles. The van der Waals surface area contributed by atoms with E-state index in [9.17, 15) is 23.7 Å². The van der Waals surface area contributed by atoms with Gasteiger partial charge in [0.25, 0.3) is 5.69 Å². The van der Waals surface area contributed by atoms with Crippen LogP contribution in [0.2, 0.25) is 0 Å². The first kappa shape index (κ1) is 20.1. The van der Waals surface area contributed by atoms with Gasteiger partial charge in [0.2, 0.25) is 5.91 Å². The topological polar surface area (TPSA) is 93.5 Å². The van der Waals surface area contributed by atoms with Crippen LogP contribution in [0.15, 0.2) is 48.5 Å². The molecule has 0 fully saturated rings. The summed E-state index contributed by atoms with van der Waals surface area (Å²) in [4.78, 5) is 22.3. The maximum absolute atomic E-state index is 12.1. The fourth-order valence-electron chi connectivity index (χ4n) is 2.37. The third-order valence-corrected chi connectivity index (χ3v) is 3.65. The zero-order valence-electron chi connectivity index (χ0n) is 14.4. The number of nitrogens with zero attached hydrogens (tertiary/aromatic N) is 1. The molecule has 2 rings (SSSR count). The Hall–Kier alpha value is -3.23. The second kappa shape index (κ2) is 10.0. The maximum Gasteiger partial charge on any atom is 0.387 e. The number of nitro groups is 1. The first-order valence-corrected chi connectivity index (χ1v) is 8.23. The van der Waals surface area contributed by atoms with Crippen molar-refractivity contribution in [3.63, 3.8) is 0 Å². The smallest absolute Gasteiger partial charge is 0.387 e. The van der Waals surface area contributed by atoms with E-state index in [1.165, 1.54) is 18.2 Å². The molecule has 27 heavy (non-hydrogen) atoms. The summed E-state index contributed by atoms with van der Waals surface area (Å²) < 4.78 is 28.4. The van der Waals surface area contributed by atoms with E-state index < -0.39 is 11.5 Å². The van der Waals surface area contributed by atoms with E-state index in [2.05, 4.69) is 15.4 Å². The van der Waals surface area contributed by atoms with Crippen LogP contribution in [0.5, 0.6) is 5.75 Å². The lowest BCUT2D eigenvalue weighted by atomic mass is 10.1. The second-order valence-electron chi connectivity index (χ2n) is 5.57. The van der Waals surface area contributed by atoms with Crippen molar-refractivity contribution in [1.82, 2.24) is 5.32 Å². The maximum atomic E-state index is 12.1. The number of alkyl halides is 2. The summed E-state index contributed by atoms with van der Waals surface area (Å²) in [5, 5.41) is 16.5. The van der Waals surface area contributed by atoms with Crippen LogP contribution in [-0.4, -0.2) is 30.5 Å². The fourth-order valence-corrected chi connectivity index (χ4v) is 2.37. The minimum absolute atomic E-state index is 0.0443. The number of benzene rings is 2. The number of rotatable bonds is 10. The van der Waals surface area contributed by atoms with Gasteiger partial charge in [-0.1, -0.05) is 24.3 Å². The van der Waals surface area contributed by atoms with Gasteiger partial charge in [0.1, 0.15) is 11.4 Å². The number of hydrogen-bond donors (Lipinski definition) is 2. The van der Waals surface area contributed by atoms with Gasteiger partial charge >= 0.3 is 6.61 Å². The molecule has 2 aromatic carbocycles. The summed E-state index contributed by atoms with van der Waals surface area (Å²) in [6, 6.07) is 12.4. The Kier molecular flexibility index (Phi) is 7.48. The first-order valence-electron chi connectivity index (χ1n) is 8.23. The third-order valence-electron chi connectivity index (χ3n) is 3.65. The molecule has 0 aliphatic rings. The minimum Gasteiger partial charge on any atom is -0.435 e. The number of para-hydroxylation sites is 2. The summed E-state index contributed by atoms with van der Waals surface area (Å²) in [5.41, 5.74) is 1.19. The molecule has 0 spiro atoms. The minimum atomic E-state index is -2.86. The highest BCUT2D eigenvalue weighted by molar-refractivity contribution is 5.76. The predicted octanol–water partition coefficient (Wildman–Crippen LogP) is 3.36. The Morgan fingerprint density at radius 1 is 1.11 bits per heavy atom. The largest absolute Gasteiger partial charge is 0.435 e. The summed E-state index contributed by atoms with van der Waals surface area (Å²) >= 11 is 0. The number of amides is 1. The monoisotopic (exact) mass is 379 g/mol. The summed E-state index contributed by atoms with van der Waals surface area (Å²) in [6.45, 7) is -2.21. The van der Waals surface area contributed by atoms with E-state index >= 15 is 0 Å². The Labute approximate surface area is 154 Å². The first-order chi connectivity index (χ1) is 13.0. The average molecular weight is 379 g/mol. The summed E-state index contributed by atoms with van der Waals surface area (Å²) in [5.74, 6) is -0.113. The van der Waals surface area contributed by atoms with E-state index in [0.717, 1.165) is 5.56 Å². The third kappa shape index (κ3) is 6.89. The van der Waals surface area contributed by atoms with Crippen LogP contribution in [0.25, 0.3) is 0 Å². The van der Waals surface area contributed by atoms with Gasteiger partial charge in [0.05, 0.1) is 4.92 Å². The Morgan fingerprint density at radius 2 is 1.81 bits per heavy atom. The van der Waals surface area contributed by atoms with E-state index in [1.54, 1.807) is 30.3 Å². The number of nitrogens with one attached hydrogen (secondary N) is 2. The lowest BCUT2D eigenvalue weighted by molar-refractivity contribution is -0.384. The van der Waals surface area contributed by atoms with Crippen molar-refractivity contribution >= 4 is 17.3 Å². The molecule has 0 saturated heterocycles. The number of halogens is 2. The van der Waals surface area contributed by atoms with Crippen LogP contribution in [0, 0.1) is 10.1 Å². The van der Waals surface area contributed by atoms with Gasteiger partial charge in [0.15, 0.2) is 0 Å². The molecule has 0 aliphatic heterocycles. The van der Waals surface area contributed by atoms with Crippen molar-refractivity contribution in [3.8, 4) is 5.75 Å². The molecule has 0 atom stereocenters. The highest BCUT2D eigenvalue weighted by atomic mass is 19.3.